The van der Waals surface area contributed by atoms with E-state index < -0.39 is 0 Å². The Bertz CT molecular complexity index is 587. The van der Waals surface area contributed by atoms with Gasteiger partial charge in [-0.1, -0.05) is 30.7 Å². The third-order valence-electron chi connectivity index (χ3n) is 2.72. The molecule has 0 unspecified atom stereocenters. The van der Waals surface area contributed by atoms with Gasteiger partial charge in [-0.15, -0.1) is 0 Å². The summed E-state index contributed by atoms with van der Waals surface area (Å²) < 4.78 is 0.864. The van der Waals surface area contributed by atoms with Crippen LogP contribution in [0.2, 0.25) is 5.02 Å². The summed E-state index contributed by atoms with van der Waals surface area (Å²) in [5.41, 5.74) is 1.97. The van der Waals surface area contributed by atoms with Gasteiger partial charge in [-0.2, -0.15) is 0 Å². The summed E-state index contributed by atoms with van der Waals surface area (Å²) in [4.78, 5) is 8.85. The molecule has 0 saturated carbocycles. The van der Waals surface area contributed by atoms with Crippen molar-refractivity contribution < 1.29 is 0 Å². The molecule has 5 heteroatoms. The lowest BCUT2D eigenvalue weighted by atomic mass is 10.1. The van der Waals surface area contributed by atoms with Crippen molar-refractivity contribution in [3.05, 3.63) is 39.5 Å². The quantitative estimate of drug-likeness (QED) is 0.877. The van der Waals surface area contributed by atoms with Crippen LogP contribution in [0.3, 0.4) is 0 Å². The van der Waals surface area contributed by atoms with Gasteiger partial charge in [0, 0.05) is 23.3 Å². The fraction of sp³-hybridized carbons (Fsp3) is 0.286. The van der Waals surface area contributed by atoms with E-state index in [1.54, 1.807) is 6.20 Å². The lowest BCUT2D eigenvalue weighted by molar-refractivity contribution is 0.963. The van der Waals surface area contributed by atoms with E-state index in [0.29, 0.717) is 5.82 Å². The smallest absolute Gasteiger partial charge is 0.161 e. The fourth-order valence-corrected chi connectivity index (χ4v) is 2.12. The van der Waals surface area contributed by atoms with E-state index in [2.05, 4.69) is 38.1 Å². The van der Waals surface area contributed by atoms with Crippen LogP contribution in [-0.4, -0.2) is 16.5 Å². The van der Waals surface area contributed by atoms with Crippen LogP contribution in [0.15, 0.2) is 28.9 Å². The van der Waals surface area contributed by atoms with Gasteiger partial charge in [0.05, 0.1) is 4.47 Å². The molecule has 1 aromatic heterocycles. The standard InChI is InChI=1S/C14H15BrClN3/c1-3-6-17-14-11(15)8-18-13(19-14)10-5-4-9(2)12(16)7-10/h4-5,7-8H,3,6H2,1-2H3,(H,17,18,19). The first-order valence-corrected chi connectivity index (χ1v) is 7.32. The number of benzene rings is 1. The zero-order chi connectivity index (χ0) is 13.8. The van der Waals surface area contributed by atoms with E-state index in [1.807, 2.05) is 25.1 Å². The topological polar surface area (TPSA) is 37.8 Å². The SMILES string of the molecule is CCCNc1nc(-c2ccc(C)c(Cl)c2)ncc1Br. The Morgan fingerprint density at radius 1 is 1.37 bits per heavy atom. The first-order chi connectivity index (χ1) is 9.11. The zero-order valence-electron chi connectivity index (χ0n) is 10.9. The van der Waals surface area contributed by atoms with Gasteiger partial charge in [-0.05, 0) is 40.9 Å². The summed E-state index contributed by atoms with van der Waals surface area (Å²) >= 11 is 9.58. The number of hydrogen-bond donors (Lipinski definition) is 1. The predicted molar refractivity (Wildman–Crippen MR) is 83.7 cm³/mol. The van der Waals surface area contributed by atoms with Crippen LogP contribution in [0.1, 0.15) is 18.9 Å². The van der Waals surface area contributed by atoms with E-state index >= 15 is 0 Å². The molecule has 3 nitrogen and oxygen atoms in total. The number of halogens is 2. The van der Waals surface area contributed by atoms with Crippen LogP contribution in [0.25, 0.3) is 11.4 Å². The molecule has 19 heavy (non-hydrogen) atoms. The average Bonchev–Trinajstić information content (AvgIpc) is 2.41. The number of anilines is 1. The number of aryl methyl sites for hydroxylation is 1. The molecule has 0 atom stereocenters. The monoisotopic (exact) mass is 339 g/mol. The molecule has 2 rings (SSSR count). The van der Waals surface area contributed by atoms with Gasteiger partial charge in [0.2, 0.25) is 0 Å². The van der Waals surface area contributed by atoms with Crippen molar-refractivity contribution in [3.63, 3.8) is 0 Å². The lowest BCUT2D eigenvalue weighted by Crippen LogP contribution is -2.04. The normalized spacial score (nSPS) is 10.5. The summed E-state index contributed by atoms with van der Waals surface area (Å²) in [5.74, 6) is 1.48. The Balaban J connectivity index is 2.36. The largest absolute Gasteiger partial charge is 0.369 e. The summed E-state index contributed by atoms with van der Waals surface area (Å²) in [6, 6.07) is 5.85. The maximum atomic E-state index is 6.14. The van der Waals surface area contributed by atoms with Crippen LogP contribution < -0.4 is 5.32 Å². The predicted octanol–water partition coefficient (Wildman–Crippen LogP) is 4.69. The Labute approximate surface area is 126 Å². The van der Waals surface area contributed by atoms with Crippen molar-refractivity contribution in [2.24, 2.45) is 0 Å². The molecule has 0 spiro atoms. The molecule has 1 N–H and O–H groups in total. The van der Waals surface area contributed by atoms with Crippen molar-refractivity contribution >= 4 is 33.3 Å². The lowest BCUT2D eigenvalue weighted by Gasteiger charge is -2.08. The average molecular weight is 341 g/mol. The highest BCUT2D eigenvalue weighted by Crippen LogP contribution is 2.26. The third kappa shape index (κ3) is 3.45. The first-order valence-electron chi connectivity index (χ1n) is 6.14. The van der Waals surface area contributed by atoms with Crippen LogP contribution in [0.5, 0.6) is 0 Å². The van der Waals surface area contributed by atoms with E-state index in [-0.39, 0.29) is 0 Å². The number of rotatable bonds is 4. The molecule has 2 aromatic rings. The maximum Gasteiger partial charge on any atom is 0.161 e. The fourth-order valence-electron chi connectivity index (χ4n) is 1.61. The van der Waals surface area contributed by atoms with Gasteiger partial charge in [-0.25, -0.2) is 9.97 Å². The van der Waals surface area contributed by atoms with Gasteiger partial charge >= 0.3 is 0 Å². The van der Waals surface area contributed by atoms with Crippen molar-refractivity contribution in [3.8, 4) is 11.4 Å². The van der Waals surface area contributed by atoms with Crippen molar-refractivity contribution in [1.29, 1.82) is 0 Å². The summed E-state index contributed by atoms with van der Waals surface area (Å²) in [6.07, 6.45) is 2.80. The molecule has 1 heterocycles. The second-order valence-corrected chi connectivity index (χ2v) is 5.54. The second-order valence-electron chi connectivity index (χ2n) is 4.28. The highest BCUT2D eigenvalue weighted by molar-refractivity contribution is 9.10. The molecular weight excluding hydrogens is 326 g/mol. The molecule has 100 valence electrons. The molecule has 0 radical (unpaired) electrons. The molecule has 0 aliphatic heterocycles. The summed E-state index contributed by atoms with van der Waals surface area (Å²) in [6.45, 7) is 4.97. The van der Waals surface area contributed by atoms with E-state index in [1.165, 1.54) is 0 Å². The molecule has 0 aliphatic carbocycles. The van der Waals surface area contributed by atoms with Gasteiger partial charge in [-0.3, -0.25) is 0 Å². The highest BCUT2D eigenvalue weighted by Gasteiger charge is 2.07. The number of nitrogens with one attached hydrogen (secondary N) is 1. The van der Waals surface area contributed by atoms with Crippen LogP contribution >= 0.6 is 27.5 Å². The number of hydrogen-bond acceptors (Lipinski definition) is 3. The van der Waals surface area contributed by atoms with Crippen molar-refractivity contribution in [2.75, 3.05) is 11.9 Å². The number of nitrogens with zero attached hydrogens (tertiary/aromatic N) is 2. The zero-order valence-corrected chi connectivity index (χ0v) is 13.2. The molecule has 1 aromatic carbocycles. The Hall–Kier alpha value is -1.13. The van der Waals surface area contributed by atoms with Crippen LogP contribution in [-0.2, 0) is 0 Å². The summed E-state index contributed by atoms with van der Waals surface area (Å²) in [5, 5.41) is 4.00. The molecule has 0 saturated heterocycles. The Morgan fingerprint density at radius 3 is 2.84 bits per heavy atom. The maximum absolute atomic E-state index is 6.14. The molecule has 0 aliphatic rings. The number of aromatic nitrogens is 2. The van der Waals surface area contributed by atoms with Crippen LogP contribution in [0, 0.1) is 6.92 Å². The van der Waals surface area contributed by atoms with Crippen LogP contribution in [0.4, 0.5) is 5.82 Å². The minimum absolute atomic E-state index is 0.670. The minimum atomic E-state index is 0.670. The van der Waals surface area contributed by atoms with E-state index in [4.69, 9.17) is 11.6 Å². The van der Waals surface area contributed by atoms with Crippen molar-refractivity contribution in [2.45, 2.75) is 20.3 Å². The van der Waals surface area contributed by atoms with E-state index in [0.717, 1.165) is 39.4 Å². The molecule has 0 fully saturated rings. The third-order valence-corrected chi connectivity index (χ3v) is 3.70. The first kappa shape index (κ1) is 14.3. The Kier molecular flexibility index (Phi) is 4.77. The van der Waals surface area contributed by atoms with Gasteiger partial charge in [0.1, 0.15) is 5.82 Å². The second kappa shape index (κ2) is 6.35. The van der Waals surface area contributed by atoms with Gasteiger partial charge < -0.3 is 5.32 Å². The van der Waals surface area contributed by atoms with Gasteiger partial charge in [0.25, 0.3) is 0 Å². The molecular formula is C14H15BrClN3. The minimum Gasteiger partial charge on any atom is -0.369 e. The van der Waals surface area contributed by atoms with Gasteiger partial charge in [0.15, 0.2) is 5.82 Å². The Morgan fingerprint density at radius 2 is 2.16 bits per heavy atom. The van der Waals surface area contributed by atoms with Crippen molar-refractivity contribution in [1.82, 2.24) is 9.97 Å². The molecule has 0 amide bonds. The molecule has 0 bridgehead atoms. The van der Waals surface area contributed by atoms with E-state index in [9.17, 15) is 0 Å². The summed E-state index contributed by atoms with van der Waals surface area (Å²) in [7, 11) is 0. The highest BCUT2D eigenvalue weighted by atomic mass is 79.9.